The van der Waals surface area contributed by atoms with Crippen LogP contribution in [-0.2, 0) is 11.2 Å². The van der Waals surface area contributed by atoms with Crippen molar-refractivity contribution in [2.75, 3.05) is 11.9 Å². The van der Waals surface area contributed by atoms with E-state index in [0.717, 1.165) is 16.9 Å². The van der Waals surface area contributed by atoms with Gasteiger partial charge in [-0.25, -0.2) is 4.39 Å². The lowest BCUT2D eigenvalue weighted by atomic mass is 9.97. The number of benzene rings is 2. The van der Waals surface area contributed by atoms with E-state index in [9.17, 15) is 14.0 Å². The van der Waals surface area contributed by atoms with Gasteiger partial charge in [0.1, 0.15) is 17.7 Å². The average Bonchev–Trinajstić information content (AvgIpc) is 2.95. The fraction of sp³-hybridized carbons (Fsp3) is 0.300. The molecule has 0 aromatic heterocycles. The first-order chi connectivity index (χ1) is 12.5. The molecule has 0 aliphatic carbocycles. The summed E-state index contributed by atoms with van der Waals surface area (Å²) in [5, 5.41) is 5.40. The standard InChI is InChI=1S/C20H19FN2O3/c1-11-13-4-2-3-5-17(13)26-18(11)10-22-20(25)14-8-12-6-7-19(24)23-16(12)9-15(14)21/h2-5,8-9,11,18H,6-7,10H2,1H3,(H,22,25)(H,23,24)/t11-,18-/m1/s1. The van der Waals surface area contributed by atoms with Gasteiger partial charge in [-0.15, -0.1) is 0 Å². The summed E-state index contributed by atoms with van der Waals surface area (Å²) in [5.74, 6) is -0.285. The molecule has 0 spiro atoms. The number of carbonyl (C=O) groups is 2. The molecule has 4 rings (SSSR count). The molecule has 134 valence electrons. The van der Waals surface area contributed by atoms with E-state index < -0.39 is 11.7 Å². The second-order valence-electron chi connectivity index (χ2n) is 6.73. The Kier molecular flexibility index (Phi) is 4.11. The van der Waals surface area contributed by atoms with Crippen molar-refractivity contribution in [3.05, 3.63) is 58.9 Å². The van der Waals surface area contributed by atoms with Crippen molar-refractivity contribution in [1.82, 2.24) is 5.32 Å². The number of fused-ring (bicyclic) bond motifs is 2. The lowest BCUT2D eigenvalue weighted by Gasteiger charge is -2.19. The first kappa shape index (κ1) is 16.6. The second kappa shape index (κ2) is 6.44. The first-order valence-electron chi connectivity index (χ1n) is 8.69. The molecule has 2 aromatic carbocycles. The summed E-state index contributed by atoms with van der Waals surface area (Å²) in [7, 11) is 0. The van der Waals surface area contributed by atoms with Crippen LogP contribution in [0.15, 0.2) is 36.4 Å². The Morgan fingerprint density at radius 1 is 1.31 bits per heavy atom. The van der Waals surface area contributed by atoms with Crippen molar-refractivity contribution < 1.29 is 18.7 Å². The highest BCUT2D eigenvalue weighted by molar-refractivity contribution is 5.98. The molecule has 0 radical (unpaired) electrons. The molecule has 2 aliphatic rings. The molecule has 0 fully saturated rings. The van der Waals surface area contributed by atoms with Gasteiger partial charge in [0.2, 0.25) is 5.91 Å². The third-order valence-corrected chi connectivity index (χ3v) is 5.04. The smallest absolute Gasteiger partial charge is 0.254 e. The quantitative estimate of drug-likeness (QED) is 0.890. The van der Waals surface area contributed by atoms with Gasteiger partial charge >= 0.3 is 0 Å². The van der Waals surface area contributed by atoms with E-state index in [2.05, 4.69) is 10.6 Å². The van der Waals surface area contributed by atoms with Crippen molar-refractivity contribution in [1.29, 1.82) is 0 Å². The van der Waals surface area contributed by atoms with Crippen molar-refractivity contribution in [2.45, 2.75) is 31.8 Å². The Balaban J connectivity index is 1.46. The molecule has 2 aliphatic heterocycles. The number of halogens is 1. The van der Waals surface area contributed by atoms with Crippen LogP contribution >= 0.6 is 0 Å². The minimum Gasteiger partial charge on any atom is -0.488 e. The van der Waals surface area contributed by atoms with Gasteiger partial charge in [-0.2, -0.15) is 0 Å². The highest BCUT2D eigenvalue weighted by atomic mass is 19.1. The zero-order chi connectivity index (χ0) is 18.3. The molecule has 0 unspecified atom stereocenters. The van der Waals surface area contributed by atoms with E-state index in [1.807, 2.05) is 31.2 Å². The van der Waals surface area contributed by atoms with E-state index in [-0.39, 0.29) is 23.5 Å². The third kappa shape index (κ3) is 2.92. The molecule has 26 heavy (non-hydrogen) atoms. The normalized spacial score (nSPS) is 20.6. The summed E-state index contributed by atoms with van der Waals surface area (Å²) in [6, 6.07) is 10.5. The van der Waals surface area contributed by atoms with E-state index in [4.69, 9.17) is 4.74 Å². The summed E-state index contributed by atoms with van der Waals surface area (Å²) in [4.78, 5) is 23.9. The number of anilines is 1. The minimum absolute atomic E-state index is 0.0111. The Morgan fingerprint density at radius 2 is 2.12 bits per heavy atom. The number of carbonyl (C=O) groups excluding carboxylic acids is 2. The molecule has 5 nitrogen and oxygen atoms in total. The fourth-order valence-corrected chi connectivity index (χ4v) is 3.51. The maximum atomic E-state index is 14.3. The average molecular weight is 354 g/mol. The van der Waals surface area contributed by atoms with Gasteiger partial charge in [-0.1, -0.05) is 25.1 Å². The minimum atomic E-state index is -0.646. The molecule has 0 saturated heterocycles. The van der Waals surface area contributed by atoms with E-state index >= 15 is 0 Å². The van der Waals surface area contributed by atoms with Gasteiger partial charge in [0.05, 0.1) is 12.1 Å². The molecule has 2 N–H and O–H groups in total. The molecule has 2 aromatic rings. The topological polar surface area (TPSA) is 67.4 Å². The summed E-state index contributed by atoms with van der Waals surface area (Å²) in [6.07, 6.45) is 0.655. The fourth-order valence-electron chi connectivity index (χ4n) is 3.51. The molecular weight excluding hydrogens is 335 g/mol. The predicted octanol–water partition coefficient (Wildman–Crippen LogP) is 3.00. The lowest BCUT2D eigenvalue weighted by Crippen LogP contribution is -2.36. The van der Waals surface area contributed by atoms with Crippen LogP contribution < -0.4 is 15.4 Å². The number of rotatable bonds is 3. The van der Waals surface area contributed by atoms with Crippen LogP contribution in [0.5, 0.6) is 5.75 Å². The number of nitrogens with one attached hydrogen (secondary N) is 2. The Bertz CT molecular complexity index is 897. The Hall–Kier alpha value is -2.89. The maximum absolute atomic E-state index is 14.3. The van der Waals surface area contributed by atoms with Gasteiger partial charge < -0.3 is 15.4 Å². The first-order valence-corrected chi connectivity index (χ1v) is 8.69. The zero-order valence-electron chi connectivity index (χ0n) is 14.3. The van der Waals surface area contributed by atoms with Crippen LogP contribution in [0, 0.1) is 5.82 Å². The van der Waals surface area contributed by atoms with Gasteiger partial charge in [-0.3, -0.25) is 9.59 Å². The predicted molar refractivity (Wildman–Crippen MR) is 95.0 cm³/mol. The lowest BCUT2D eigenvalue weighted by molar-refractivity contribution is -0.116. The van der Waals surface area contributed by atoms with Crippen LogP contribution in [0.2, 0.25) is 0 Å². The molecule has 2 heterocycles. The van der Waals surface area contributed by atoms with Gasteiger partial charge in [0.25, 0.3) is 5.91 Å². The summed E-state index contributed by atoms with van der Waals surface area (Å²) in [5.41, 5.74) is 2.32. The Morgan fingerprint density at radius 3 is 2.92 bits per heavy atom. The zero-order valence-corrected chi connectivity index (χ0v) is 14.3. The number of hydrogen-bond acceptors (Lipinski definition) is 3. The molecule has 0 bridgehead atoms. The van der Waals surface area contributed by atoms with Crippen molar-refractivity contribution in [3.8, 4) is 5.75 Å². The van der Waals surface area contributed by atoms with Gasteiger partial charge in [-0.05, 0) is 30.2 Å². The van der Waals surface area contributed by atoms with Crippen molar-refractivity contribution >= 4 is 17.5 Å². The molecule has 2 atom stereocenters. The van der Waals surface area contributed by atoms with Crippen LogP contribution in [0.3, 0.4) is 0 Å². The Labute approximate surface area is 150 Å². The number of para-hydroxylation sites is 1. The number of ether oxygens (including phenoxy) is 1. The maximum Gasteiger partial charge on any atom is 0.254 e. The summed E-state index contributed by atoms with van der Waals surface area (Å²) >= 11 is 0. The highest BCUT2D eigenvalue weighted by Crippen LogP contribution is 2.37. The van der Waals surface area contributed by atoms with Crippen LogP contribution in [0.4, 0.5) is 10.1 Å². The second-order valence-corrected chi connectivity index (χ2v) is 6.73. The van der Waals surface area contributed by atoms with E-state index in [1.165, 1.54) is 12.1 Å². The molecule has 6 heteroatoms. The van der Waals surface area contributed by atoms with Gasteiger partial charge in [0.15, 0.2) is 0 Å². The monoisotopic (exact) mass is 354 g/mol. The number of amides is 2. The van der Waals surface area contributed by atoms with Crippen molar-refractivity contribution in [3.63, 3.8) is 0 Å². The summed E-state index contributed by atoms with van der Waals surface area (Å²) < 4.78 is 20.2. The number of aryl methyl sites for hydroxylation is 1. The molecule has 0 saturated carbocycles. The van der Waals surface area contributed by atoms with E-state index in [0.29, 0.717) is 25.1 Å². The molecular formula is C20H19FN2O3. The van der Waals surface area contributed by atoms with Gasteiger partial charge in [0, 0.05) is 23.6 Å². The van der Waals surface area contributed by atoms with Crippen molar-refractivity contribution in [2.24, 2.45) is 0 Å². The van der Waals surface area contributed by atoms with Crippen LogP contribution in [0.1, 0.15) is 40.7 Å². The SMILES string of the molecule is C[C@@H]1c2ccccc2O[C@@H]1CNC(=O)c1cc2c(cc1F)NC(=O)CC2. The summed E-state index contributed by atoms with van der Waals surface area (Å²) in [6.45, 7) is 2.34. The van der Waals surface area contributed by atoms with Crippen LogP contribution in [-0.4, -0.2) is 24.5 Å². The largest absolute Gasteiger partial charge is 0.488 e. The van der Waals surface area contributed by atoms with Crippen LogP contribution in [0.25, 0.3) is 0 Å². The third-order valence-electron chi connectivity index (χ3n) is 5.04. The number of hydrogen-bond donors (Lipinski definition) is 2. The molecule has 2 amide bonds. The highest BCUT2D eigenvalue weighted by Gasteiger charge is 2.31. The van der Waals surface area contributed by atoms with E-state index in [1.54, 1.807) is 0 Å².